The molecule has 5 rings (SSSR count). The molecule has 1 unspecified atom stereocenters. The Morgan fingerprint density at radius 3 is 2.31 bits per heavy atom. The first kappa shape index (κ1) is 24.4. The molecule has 0 bridgehead atoms. The van der Waals surface area contributed by atoms with Crippen LogP contribution in [0.25, 0.3) is 0 Å². The predicted octanol–water partition coefficient (Wildman–Crippen LogP) is 3.69. The number of piperazine rings is 1. The van der Waals surface area contributed by atoms with Crippen molar-refractivity contribution in [2.24, 2.45) is 0 Å². The SMILES string of the molecule is CN1CCN(c2ccc(NC(=O)C3CN(S(=O)(=O)c4ccc(Cl)cc4)c4ccccc4O3)cc2)CC1. The summed E-state index contributed by atoms with van der Waals surface area (Å²) in [7, 11) is -1.83. The van der Waals surface area contributed by atoms with Gasteiger partial charge in [-0.15, -0.1) is 0 Å². The molecule has 0 aromatic heterocycles. The fourth-order valence-corrected chi connectivity index (χ4v) is 5.95. The highest BCUT2D eigenvalue weighted by molar-refractivity contribution is 7.92. The number of sulfonamides is 1. The zero-order valence-electron chi connectivity index (χ0n) is 19.8. The summed E-state index contributed by atoms with van der Waals surface area (Å²) in [5.74, 6) is -0.0972. The van der Waals surface area contributed by atoms with Gasteiger partial charge in [-0.1, -0.05) is 23.7 Å². The maximum atomic E-state index is 13.5. The van der Waals surface area contributed by atoms with E-state index in [0.717, 1.165) is 31.9 Å². The number of para-hydroxylation sites is 2. The molecule has 1 saturated heterocycles. The van der Waals surface area contributed by atoms with Crippen LogP contribution < -0.4 is 19.3 Å². The minimum absolute atomic E-state index is 0.0854. The third-order valence-electron chi connectivity index (χ3n) is 6.43. The lowest BCUT2D eigenvalue weighted by atomic mass is 10.2. The highest BCUT2D eigenvalue weighted by Gasteiger charge is 2.37. The molecule has 3 aromatic carbocycles. The molecular weight excluding hydrogens is 500 g/mol. The highest BCUT2D eigenvalue weighted by Crippen LogP contribution is 2.37. The largest absolute Gasteiger partial charge is 0.476 e. The van der Waals surface area contributed by atoms with Gasteiger partial charge in [-0.2, -0.15) is 0 Å². The second kappa shape index (κ2) is 10.0. The lowest BCUT2D eigenvalue weighted by Gasteiger charge is -2.35. The number of benzene rings is 3. The zero-order chi connectivity index (χ0) is 25.3. The Hall–Kier alpha value is -3.27. The van der Waals surface area contributed by atoms with E-state index in [2.05, 4.69) is 22.2 Å². The second-order valence-corrected chi connectivity index (χ2v) is 11.2. The maximum Gasteiger partial charge on any atom is 0.267 e. The summed E-state index contributed by atoms with van der Waals surface area (Å²) in [6, 6.07) is 20.4. The van der Waals surface area contributed by atoms with Gasteiger partial charge in [0.05, 0.1) is 17.1 Å². The van der Waals surface area contributed by atoms with Gasteiger partial charge >= 0.3 is 0 Å². The smallest absolute Gasteiger partial charge is 0.267 e. The van der Waals surface area contributed by atoms with Crippen LogP contribution in [0.5, 0.6) is 5.75 Å². The Morgan fingerprint density at radius 1 is 0.944 bits per heavy atom. The topological polar surface area (TPSA) is 82.2 Å². The molecule has 1 atom stereocenters. The molecule has 8 nitrogen and oxygen atoms in total. The van der Waals surface area contributed by atoms with Gasteiger partial charge in [0.15, 0.2) is 6.10 Å². The van der Waals surface area contributed by atoms with Crippen LogP contribution in [0.2, 0.25) is 5.02 Å². The summed E-state index contributed by atoms with van der Waals surface area (Å²) in [5.41, 5.74) is 2.10. The minimum Gasteiger partial charge on any atom is -0.476 e. The molecule has 1 amide bonds. The van der Waals surface area contributed by atoms with Crippen molar-refractivity contribution < 1.29 is 17.9 Å². The lowest BCUT2D eigenvalue weighted by molar-refractivity contribution is -0.122. The van der Waals surface area contributed by atoms with Gasteiger partial charge in [-0.05, 0) is 67.7 Å². The maximum absolute atomic E-state index is 13.5. The van der Waals surface area contributed by atoms with Crippen molar-refractivity contribution in [3.8, 4) is 5.75 Å². The number of carbonyl (C=O) groups is 1. The average molecular weight is 527 g/mol. The quantitative estimate of drug-likeness (QED) is 0.546. The predicted molar refractivity (Wildman–Crippen MR) is 142 cm³/mol. The van der Waals surface area contributed by atoms with Gasteiger partial charge in [0.2, 0.25) is 0 Å². The van der Waals surface area contributed by atoms with Gasteiger partial charge in [-0.25, -0.2) is 8.42 Å². The Kier molecular flexibility index (Phi) is 6.79. The number of hydrogen-bond acceptors (Lipinski definition) is 6. The van der Waals surface area contributed by atoms with Crippen LogP contribution in [-0.4, -0.2) is 65.1 Å². The first-order valence-corrected chi connectivity index (χ1v) is 13.5. The number of anilines is 3. The number of ether oxygens (including phenoxy) is 1. The Bertz CT molecular complexity index is 1340. The summed E-state index contributed by atoms with van der Waals surface area (Å²) in [6.07, 6.45) is -1.03. The van der Waals surface area contributed by atoms with Crippen molar-refractivity contribution in [1.82, 2.24) is 4.90 Å². The molecule has 36 heavy (non-hydrogen) atoms. The summed E-state index contributed by atoms with van der Waals surface area (Å²) in [6.45, 7) is 3.76. The molecule has 2 heterocycles. The van der Waals surface area contributed by atoms with Crippen LogP contribution in [0.15, 0.2) is 77.7 Å². The van der Waals surface area contributed by atoms with Crippen LogP contribution in [0.1, 0.15) is 0 Å². The van der Waals surface area contributed by atoms with E-state index in [1.54, 1.807) is 24.3 Å². The van der Waals surface area contributed by atoms with Gasteiger partial charge in [-0.3, -0.25) is 9.10 Å². The molecule has 0 aliphatic carbocycles. The van der Waals surface area contributed by atoms with Gasteiger partial charge < -0.3 is 19.9 Å². The molecule has 1 fully saturated rings. The third kappa shape index (κ3) is 5.00. The fourth-order valence-electron chi connectivity index (χ4n) is 4.34. The van der Waals surface area contributed by atoms with Crippen LogP contribution >= 0.6 is 11.6 Å². The third-order valence-corrected chi connectivity index (χ3v) is 8.48. The van der Waals surface area contributed by atoms with Crippen molar-refractivity contribution in [2.45, 2.75) is 11.0 Å². The molecule has 0 saturated carbocycles. The number of rotatable bonds is 5. The summed E-state index contributed by atoms with van der Waals surface area (Å²) >= 11 is 5.94. The van der Waals surface area contributed by atoms with E-state index in [1.807, 2.05) is 24.3 Å². The number of nitrogens with zero attached hydrogens (tertiary/aromatic N) is 3. The van der Waals surface area contributed by atoms with Gasteiger partial charge in [0, 0.05) is 42.6 Å². The number of hydrogen-bond donors (Lipinski definition) is 1. The van der Waals surface area contributed by atoms with Crippen LogP contribution in [0, 0.1) is 0 Å². The number of fused-ring (bicyclic) bond motifs is 1. The van der Waals surface area contributed by atoms with E-state index >= 15 is 0 Å². The average Bonchev–Trinajstić information content (AvgIpc) is 2.89. The van der Waals surface area contributed by atoms with E-state index in [0.29, 0.717) is 22.1 Å². The molecule has 0 spiro atoms. The van der Waals surface area contributed by atoms with E-state index in [1.165, 1.54) is 28.6 Å². The number of amides is 1. The summed E-state index contributed by atoms with van der Waals surface area (Å²) < 4.78 is 34.1. The second-order valence-electron chi connectivity index (χ2n) is 8.89. The molecule has 1 N–H and O–H groups in total. The van der Waals surface area contributed by atoms with Crippen molar-refractivity contribution >= 4 is 44.6 Å². The monoisotopic (exact) mass is 526 g/mol. The molecule has 0 radical (unpaired) electrons. The molecule has 10 heteroatoms. The standard InChI is InChI=1S/C26H27ClN4O4S/c1-29-14-16-30(17-15-29)21-10-8-20(9-11-21)28-26(32)25-18-31(23-4-2-3-5-24(23)35-25)36(33,34)22-12-6-19(27)7-13-22/h2-13,25H,14-18H2,1H3,(H,28,32). The zero-order valence-corrected chi connectivity index (χ0v) is 21.4. The number of carbonyl (C=O) groups excluding carboxylic acids is 1. The van der Waals surface area contributed by atoms with Crippen molar-refractivity contribution in [1.29, 1.82) is 0 Å². The van der Waals surface area contributed by atoms with Gasteiger partial charge in [0.25, 0.3) is 15.9 Å². The Balaban J connectivity index is 1.34. The van der Waals surface area contributed by atoms with Crippen LogP contribution in [0.3, 0.4) is 0 Å². The van der Waals surface area contributed by atoms with Crippen LogP contribution in [-0.2, 0) is 14.8 Å². The van der Waals surface area contributed by atoms with E-state index in [-0.39, 0.29) is 11.4 Å². The van der Waals surface area contributed by atoms with Crippen LogP contribution in [0.4, 0.5) is 17.1 Å². The first-order chi connectivity index (χ1) is 17.3. The molecule has 2 aliphatic rings. The number of halogens is 1. The molecule has 188 valence electrons. The van der Waals surface area contributed by atoms with E-state index < -0.39 is 22.0 Å². The number of nitrogens with one attached hydrogen (secondary N) is 1. The van der Waals surface area contributed by atoms with Crippen molar-refractivity contribution in [3.05, 3.63) is 77.8 Å². The summed E-state index contributed by atoms with van der Waals surface area (Å²) in [5, 5.41) is 3.31. The Morgan fingerprint density at radius 2 is 1.61 bits per heavy atom. The normalized spacial score (nSPS) is 18.3. The highest BCUT2D eigenvalue weighted by atomic mass is 35.5. The van der Waals surface area contributed by atoms with E-state index in [9.17, 15) is 13.2 Å². The fraction of sp³-hybridized carbons (Fsp3) is 0.269. The van der Waals surface area contributed by atoms with E-state index in [4.69, 9.17) is 16.3 Å². The number of likely N-dealkylation sites (N-methyl/N-ethyl adjacent to an activating group) is 1. The van der Waals surface area contributed by atoms with Gasteiger partial charge in [0.1, 0.15) is 5.75 Å². The van der Waals surface area contributed by atoms with Crippen molar-refractivity contribution in [3.63, 3.8) is 0 Å². The molecule has 2 aliphatic heterocycles. The van der Waals surface area contributed by atoms with Crippen molar-refractivity contribution in [2.75, 3.05) is 54.3 Å². The Labute approximate surface area is 216 Å². The molecule has 3 aromatic rings. The minimum atomic E-state index is -3.95. The molecular formula is C26H27ClN4O4S. The summed E-state index contributed by atoms with van der Waals surface area (Å²) in [4.78, 5) is 17.9. The lowest BCUT2D eigenvalue weighted by Crippen LogP contribution is -2.48. The first-order valence-electron chi connectivity index (χ1n) is 11.7.